The molecule has 0 aliphatic rings. The molecule has 0 spiro atoms. The van der Waals surface area contributed by atoms with Gasteiger partial charge < -0.3 is 10.0 Å². The second-order valence-corrected chi connectivity index (χ2v) is 4.99. The minimum absolute atomic E-state index is 0.127. The van der Waals surface area contributed by atoms with E-state index in [4.69, 9.17) is 0 Å². The van der Waals surface area contributed by atoms with Crippen molar-refractivity contribution in [2.24, 2.45) is 0 Å². The highest BCUT2D eigenvalue weighted by atomic mass is 16.3. The van der Waals surface area contributed by atoms with E-state index >= 15 is 0 Å². The maximum atomic E-state index is 12.3. The maximum absolute atomic E-state index is 12.3. The number of nitrogens with zero attached hydrogens (tertiary/aromatic N) is 2. The summed E-state index contributed by atoms with van der Waals surface area (Å²) in [5, 5.41) is 17.1. The van der Waals surface area contributed by atoms with Gasteiger partial charge >= 0.3 is 0 Å². The topological polar surface area (TPSA) is 69.2 Å². The van der Waals surface area contributed by atoms with Crippen LogP contribution in [0.5, 0.6) is 0 Å². The molecule has 0 radical (unpaired) electrons. The van der Waals surface area contributed by atoms with Crippen LogP contribution in [0.2, 0.25) is 0 Å². The maximum Gasteiger partial charge on any atom is 0.274 e. The lowest BCUT2D eigenvalue weighted by Gasteiger charge is -2.16. The van der Waals surface area contributed by atoms with Crippen LogP contribution in [-0.2, 0) is 0 Å². The number of hydrogen-bond donors (Lipinski definition) is 2. The van der Waals surface area contributed by atoms with Gasteiger partial charge in [0.05, 0.1) is 11.6 Å². The van der Waals surface area contributed by atoms with Crippen LogP contribution >= 0.6 is 0 Å². The number of amides is 1. The first-order valence-electron chi connectivity index (χ1n) is 6.37. The van der Waals surface area contributed by atoms with Crippen LogP contribution in [0.3, 0.4) is 0 Å². The lowest BCUT2D eigenvalue weighted by atomic mass is 10.1. The van der Waals surface area contributed by atoms with Crippen molar-refractivity contribution in [2.45, 2.75) is 26.4 Å². The van der Waals surface area contributed by atoms with Gasteiger partial charge in [-0.1, -0.05) is 11.6 Å². The van der Waals surface area contributed by atoms with Gasteiger partial charge in [-0.25, -0.2) is 0 Å². The van der Waals surface area contributed by atoms with Gasteiger partial charge in [-0.15, -0.1) is 0 Å². The van der Waals surface area contributed by atoms with Crippen LogP contribution in [0, 0.1) is 6.92 Å². The van der Waals surface area contributed by atoms with E-state index < -0.39 is 6.10 Å². The highest BCUT2D eigenvalue weighted by Crippen LogP contribution is 2.18. The zero-order valence-electron chi connectivity index (χ0n) is 11.5. The molecule has 0 bridgehead atoms. The van der Waals surface area contributed by atoms with Crippen LogP contribution in [0.25, 0.3) is 10.9 Å². The van der Waals surface area contributed by atoms with E-state index in [1.54, 1.807) is 18.9 Å². The van der Waals surface area contributed by atoms with E-state index in [0.29, 0.717) is 18.7 Å². The van der Waals surface area contributed by atoms with Crippen molar-refractivity contribution in [3.8, 4) is 0 Å². The number of aromatic amines is 1. The Labute approximate surface area is 112 Å². The van der Waals surface area contributed by atoms with E-state index in [9.17, 15) is 9.90 Å². The summed E-state index contributed by atoms with van der Waals surface area (Å²) in [7, 11) is 1.72. The number of carbonyl (C=O) groups excluding carboxylic acids is 1. The second-order valence-electron chi connectivity index (χ2n) is 4.99. The number of aryl methyl sites for hydroxylation is 1. The van der Waals surface area contributed by atoms with Crippen LogP contribution in [-0.4, -0.2) is 45.8 Å². The molecule has 2 rings (SSSR count). The molecule has 5 heteroatoms. The predicted molar refractivity (Wildman–Crippen MR) is 74.1 cm³/mol. The third kappa shape index (κ3) is 2.93. The third-order valence-electron chi connectivity index (χ3n) is 3.15. The SMILES string of the molecule is Cc1ccc2[nH]nc(C(=O)N(C)CCC(C)O)c2c1. The highest BCUT2D eigenvalue weighted by Gasteiger charge is 2.18. The average Bonchev–Trinajstić information content (AvgIpc) is 2.77. The standard InChI is InChI=1S/C14H19N3O2/c1-9-4-5-12-11(8-9)13(16-15-12)14(19)17(3)7-6-10(2)18/h4-5,8,10,18H,6-7H2,1-3H3,(H,15,16). The van der Waals surface area contributed by atoms with Crippen LogP contribution in [0.1, 0.15) is 29.4 Å². The Morgan fingerprint density at radius 1 is 1.53 bits per heavy atom. The van der Waals surface area contributed by atoms with Crippen LogP contribution < -0.4 is 0 Å². The number of fused-ring (bicyclic) bond motifs is 1. The van der Waals surface area contributed by atoms with Crippen molar-refractivity contribution >= 4 is 16.8 Å². The number of aliphatic hydroxyl groups excluding tert-OH is 1. The van der Waals surface area contributed by atoms with Crippen molar-refractivity contribution in [2.75, 3.05) is 13.6 Å². The summed E-state index contributed by atoms with van der Waals surface area (Å²) < 4.78 is 0. The fourth-order valence-electron chi connectivity index (χ4n) is 1.95. The molecule has 0 aliphatic heterocycles. The van der Waals surface area contributed by atoms with E-state index in [2.05, 4.69) is 10.2 Å². The molecule has 2 aromatic rings. The lowest BCUT2D eigenvalue weighted by Crippen LogP contribution is -2.29. The molecule has 1 aromatic heterocycles. The van der Waals surface area contributed by atoms with E-state index in [-0.39, 0.29) is 5.91 Å². The van der Waals surface area contributed by atoms with Crippen LogP contribution in [0.15, 0.2) is 18.2 Å². The number of carbonyl (C=O) groups is 1. The third-order valence-corrected chi connectivity index (χ3v) is 3.15. The van der Waals surface area contributed by atoms with Gasteiger partial charge in [0.1, 0.15) is 0 Å². The normalized spacial score (nSPS) is 12.6. The zero-order valence-corrected chi connectivity index (χ0v) is 11.5. The summed E-state index contributed by atoms with van der Waals surface area (Å²) >= 11 is 0. The molecule has 0 saturated heterocycles. The number of aliphatic hydroxyl groups is 1. The van der Waals surface area contributed by atoms with Crippen molar-refractivity contribution in [1.29, 1.82) is 0 Å². The predicted octanol–water partition coefficient (Wildman–Crippen LogP) is 1.71. The summed E-state index contributed by atoms with van der Waals surface area (Å²) in [6, 6.07) is 5.85. The van der Waals surface area contributed by atoms with E-state index in [1.165, 1.54) is 0 Å². The van der Waals surface area contributed by atoms with Gasteiger partial charge in [0.2, 0.25) is 0 Å². The summed E-state index contributed by atoms with van der Waals surface area (Å²) in [6.07, 6.45) is 0.150. The Balaban J connectivity index is 2.23. The molecule has 5 nitrogen and oxygen atoms in total. The number of aromatic nitrogens is 2. The van der Waals surface area contributed by atoms with Gasteiger partial charge in [0, 0.05) is 19.0 Å². The molecule has 0 fully saturated rings. The molecule has 0 saturated carbocycles. The van der Waals surface area contributed by atoms with Gasteiger partial charge in [0.15, 0.2) is 5.69 Å². The molecule has 0 aliphatic carbocycles. The fourth-order valence-corrected chi connectivity index (χ4v) is 1.95. The smallest absolute Gasteiger partial charge is 0.274 e. The molecule has 1 atom stereocenters. The average molecular weight is 261 g/mol. The first-order valence-corrected chi connectivity index (χ1v) is 6.37. The minimum Gasteiger partial charge on any atom is -0.393 e. The summed E-state index contributed by atoms with van der Waals surface area (Å²) in [5.41, 5.74) is 2.39. The summed E-state index contributed by atoms with van der Waals surface area (Å²) in [5.74, 6) is -0.127. The zero-order chi connectivity index (χ0) is 14.0. The van der Waals surface area contributed by atoms with Gasteiger partial charge in [-0.2, -0.15) is 5.10 Å². The molecule has 1 unspecified atom stereocenters. The molecule has 1 amide bonds. The Kier molecular flexibility index (Phi) is 3.85. The van der Waals surface area contributed by atoms with Crippen LogP contribution in [0.4, 0.5) is 0 Å². The molecule has 1 aromatic carbocycles. The first kappa shape index (κ1) is 13.5. The molecule has 19 heavy (non-hydrogen) atoms. The largest absolute Gasteiger partial charge is 0.393 e. The number of benzene rings is 1. The number of nitrogens with one attached hydrogen (secondary N) is 1. The summed E-state index contributed by atoms with van der Waals surface area (Å²) in [6.45, 7) is 4.21. The second kappa shape index (κ2) is 5.40. The number of H-pyrrole nitrogens is 1. The Hall–Kier alpha value is -1.88. The quantitative estimate of drug-likeness (QED) is 0.880. The molecule has 1 heterocycles. The Bertz CT molecular complexity index is 589. The van der Waals surface area contributed by atoms with Crippen molar-refractivity contribution in [1.82, 2.24) is 15.1 Å². The molecule has 102 valence electrons. The van der Waals surface area contributed by atoms with Crippen molar-refractivity contribution < 1.29 is 9.90 Å². The minimum atomic E-state index is -0.409. The highest BCUT2D eigenvalue weighted by molar-refractivity contribution is 6.04. The van der Waals surface area contributed by atoms with E-state index in [1.807, 2.05) is 25.1 Å². The number of rotatable bonds is 4. The van der Waals surface area contributed by atoms with Gasteiger partial charge in [-0.05, 0) is 32.4 Å². The van der Waals surface area contributed by atoms with Gasteiger partial charge in [0.25, 0.3) is 5.91 Å². The van der Waals surface area contributed by atoms with Crippen molar-refractivity contribution in [3.05, 3.63) is 29.5 Å². The van der Waals surface area contributed by atoms with Crippen molar-refractivity contribution in [3.63, 3.8) is 0 Å². The Morgan fingerprint density at radius 3 is 2.95 bits per heavy atom. The van der Waals surface area contributed by atoms with Gasteiger partial charge in [-0.3, -0.25) is 9.89 Å². The van der Waals surface area contributed by atoms with E-state index in [0.717, 1.165) is 16.5 Å². The monoisotopic (exact) mass is 261 g/mol. The molecular weight excluding hydrogens is 242 g/mol. The summed E-state index contributed by atoms with van der Waals surface area (Å²) in [4.78, 5) is 13.9. The first-order chi connectivity index (χ1) is 8.99. The Morgan fingerprint density at radius 2 is 2.26 bits per heavy atom. The fraction of sp³-hybridized carbons (Fsp3) is 0.429. The molecule has 2 N–H and O–H groups in total. The number of hydrogen-bond acceptors (Lipinski definition) is 3. The lowest BCUT2D eigenvalue weighted by molar-refractivity contribution is 0.0765. The molecular formula is C14H19N3O2.